The number of hydrogen-bond donors (Lipinski definition) is 2. The number of rotatable bonds is 4. The van der Waals surface area contributed by atoms with Crippen molar-refractivity contribution in [2.75, 3.05) is 45.2 Å². The van der Waals surface area contributed by atoms with Crippen LogP contribution in [0.4, 0.5) is 5.00 Å². The second-order valence-corrected chi connectivity index (χ2v) is 8.71. The van der Waals surface area contributed by atoms with E-state index in [0.29, 0.717) is 17.3 Å². The molecule has 1 aromatic heterocycles. The maximum absolute atomic E-state index is 12.7. The molecule has 0 amide bonds. The lowest BCUT2D eigenvalue weighted by molar-refractivity contribution is 0.0526. The van der Waals surface area contributed by atoms with Crippen LogP contribution in [0.5, 0.6) is 0 Å². The van der Waals surface area contributed by atoms with Crippen molar-refractivity contribution in [3.8, 4) is 0 Å². The van der Waals surface area contributed by atoms with Crippen LogP contribution in [0.3, 0.4) is 0 Å². The highest BCUT2D eigenvalue weighted by atomic mass is 32.1. The molecular weight excluding hydrogens is 380 g/mol. The van der Waals surface area contributed by atoms with Gasteiger partial charge in [-0.25, -0.2) is 9.80 Å². The number of hydrazine groups is 1. The fraction of sp³-hybridized carbons (Fsp3) is 0.684. The van der Waals surface area contributed by atoms with Gasteiger partial charge in [0, 0.05) is 31.1 Å². The summed E-state index contributed by atoms with van der Waals surface area (Å²) >= 11 is 7.19. The third-order valence-electron chi connectivity index (χ3n) is 5.14. The Morgan fingerprint density at radius 3 is 2.56 bits per heavy atom. The SMILES string of the molecule is CCOC(=O)c1c(NC(=S)NN2CCN(C)CC2)sc2c1CCCCCC2. The van der Waals surface area contributed by atoms with Crippen molar-refractivity contribution in [1.82, 2.24) is 15.3 Å². The Bertz CT molecular complexity index is 669. The highest BCUT2D eigenvalue weighted by Crippen LogP contribution is 2.37. The largest absolute Gasteiger partial charge is 0.462 e. The Morgan fingerprint density at radius 1 is 1.15 bits per heavy atom. The summed E-state index contributed by atoms with van der Waals surface area (Å²) in [5.41, 5.74) is 5.14. The fourth-order valence-electron chi connectivity index (χ4n) is 3.62. The van der Waals surface area contributed by atoms with Crippen molar-refractivity contribution in [2.24, 2.45) is 0 Å². The molecule has 2 heterocycles. The van der Waals surface area contributed by atoms with E-state index < -0.39 is 0 Å². The summed E-state index contributed by atoms with van der Waals surface area (Å²) in [6, 6.07) is 0. The molecule has 0 radical (unpaired) electrons. The number of carbonyl (C=O) groups is 1. The summed E-state index contributed by atoms with van der Waals surface area (Å²) in [5, 5.41) is 6.78. The predicted molar refractivity (Wildman–Crippen MR) is 115 cm³/mol. The van der Waals surface area contributed by atoms with E-state index >= 15 is 0 Å². The van der Waals surface area contributed by atoms with Crippen LogP contribution >= 0.6 is 23.6 Å². The Morgan fingerprint density at radius 2 is 1.85 bits per heavy atom. The van der Waals surface area contributed by atoms with Gasteiger partial charge in [-0.05, 0) is 57.4 Å². The third-order valence-corrected chi connectivity index (χ3v) is 6.54. The van der Waals surface area contributed by atoms with E-state index in [-0.39, 0.29) is 5.97 Å². The lowest BCUT2D eigenvalue weighted by Crippen LogP contribution is -2.53. The van der Waals surface area contributed by atoms with Gasteiger partial charge in [-0.3, -0.25) is 5.43 Å². The van der Waals surface area contributed by atoms with Crippen LogP contribution in [-0.2, 0) is 17.6 Å². The molecule has 3 rings (SSSR count). The first-order chi connectivity index (χ1) is 13.1. The molecule has 0 unspecified atom stereocenters. The van der Waals surface area contributed by atoms with Gasteiger partial charge in [0.05, 0.1) is 12.2 Å². The van der Waals surface area contributed by atoms with Gasteiger partial charge in [0.25, 0.3) is 0 Å². The molecule has 150 valence electrons. The molecule has 8 heteroatoms. The molecule has 0 aromatic carbocycles. The van der Waals surface area contributed by atoms with Crippen molar-refractivity contribution in [1.29, 1.82) is 0 Å². The average Bonchev–Trinajstić information content (AvgIpc) is 2.93. The number of ether oxygens (including phenoxy) is 1. The van der Waals surface area contributed by atoms with E-state index in [1.54, 1.807) is 11.3 Å². The van der Waals surface area contributed by atoms with Crippen molar-refractivity contribution >= 4 is 39.6 Å². The first kappa shape index (κ1) is 20.5. The molecule has 0 saturated carbocycles. The Labute approximate surface area is 171 Å². The zero-order chi connectivity index (χ0) is 19.2. The summed E-state index contributed by atoms with van der Waals surface area (Å²) in [5.74, 6) is -0.236. The highest BCUT2D eigenvalue weighted by Gasteiger charge is 2.26. The van der Waals surface area contributed by atoms with E-state index in [9.17, 15) is 4.79 Å². The normalized spacial score (nSPS) is 18.9. The molecule has 1 saturated heterocycles. The van der Waals surface area contributed by atoms with Gasteiger partial charge in [0.15, 0.2) is 5.11 Å². The molecule has 0 bridgehead atoms. The van der Waals surface area contributed by atoms with E-state index in [0.717, 1.165) is 50.4 Å². The van der Waals surface area contributed by atoms with E-state index in [1.807, 2.05) is 6.92 Å². The van der Waals surface area contributed by atoms with Crippen molar-refractivity contribution < 1.29 is 9.53 Å². The standard InChI is InChI=1S/C19H30N4O2S2/c1-3-25-18(24)16-14-8-6-4-5-7-9-15(14)27-17(16)20-19(26)21-23-12-10-22(2)11-13-23/h3-13H2,1-2H3,(H2,20,21,26). The molecule has 6 nitrogen and oxygen atoms in total. The second kappa shape index (κ2) is 9.82. The van der Waals surface area contributed by atoms with Gasteiger partial charge in [-0.1, -0.05) is 12.8 Å². The zero-order valence-electron chi connectivity index (χ0n) is 16.3. The minimum atomic E-state index is -0.236. The molecule has 2 aliphatic rings. The van der Waals surface area contributed by atoms with Gasteiger partial charge in [-0.15, -0.1) is 11.3 Å². The van der Waals surface area contributed by atoms with Crippen LogP contribution in [0, 0.1) is 0 Å². The second-order valence-electron chi connectivity index (χ2n) is 7.20. The maximum Gasteiger partial charge on any atom is 0.341 e. The van der Waals surface area contributed by atoms with Crippen LogP contribution in [0.25, 0.3) is 0 Å². The molecule has 1 fully saturated rings. The van der Waals surface area contributed by atoms with Gasteiger partial charge < -0.3 is 15.0 Å². The van der Waals surface area contributed by atoms with Crippen LogP contribution in [-0.4, -0.2) is 60.8 Å². The molecule has 1 aromatic rings. The third kappa shape index (κ3) is 5.40. The number of hydrogen-bond acceptors (Lipinski definition) is 6. The summed E-state index contributed by atoms with van der Waals surface area (Å²) in [7, 11) is 2.13. The monoisotopic (exact) mass is 410 g/mol. The van der Waals surface area contributed by atoms with Gasteiger partial charge in [0.2, 0.25) is 0 Å². The molecular formula is C19H30N4O2S2. The summed E-state index contributed by atoms with van der Waals surface area (Å²) in [6.45, 7) is 6.09. The lowest BCUT2D eigenvalue weighted by atomic mass is 9.96. The summed E-state index contributed by atoms with van der Waals surface area (Å²) in [4.78, 5) is 16.3. The molecule has 0 spiro atoms. The van der Waals surface area contributed by atoms with Crippen LogP contribution < -0.4 is 10.7 Å². The minimum Gasteiger partial charge on any atom is -0.462 e. The molecule has 1 aliphatic heterocycles. The average molecular weight is 411 g/mol. The van der Waals surface area contributed by atoms with E-state index in [2.05, 4.69) is 27.7 Å². The predicted octanol–water partition coefficient (Wildman–Crippen LogP) is 3.03. The molecule has 27 heavy (non-hydrogen) atoms. The fourth-order valence-corrected chi connectivity index (χ4v) is 5.20. The number of aryl methyl sites for hydroxylation is 1. The van der Waals surface area contributed by atoms with Crippen LogP contribution in [0.2, 0.25) is 0 Å². The number of anilines is 1. The number of esters is 1. The van der Waals surface area contributed by atoms with Crippen molar-refractivity contribution in [3.63, 3.8) is 0 Å². The number of carbonyl (C=O) groups excluding carboxylic acids is 1. The van der Waals surface area contributed by atoms with E-state index in [4.69, 9.17) is 17.0 Å². The van der Waals surface area contributed by atoms with Crippen LogP contribution in [0.15, 0.2) is 0 Å². The Hall–Kier alpha value is -1.22. The molecule has 2 N–H and O–H groups in total. The number of piperazine rings is 1. The van der Waals surface area contributed by atoms with Crippen molar-refractivity contribution in [3.05, 3.63) is 16.0 Å². The summed E-state index contributed by atoms with van der Waals surface area (Å²) in [6.07, 6.45) is 6.77. The van der Waals surface area contributed by atoms with Gasteiger partial charge >= 0.3 is 5.97 Å². The number of fused-ring (bicyclic) bond motifs is 1. The highest BCUT2D eigenvalue weighted by molar-refractivity contribution is 7.80. The smallest absolute Gasteiger partial charge is 0.341 e. The summed E-state index contributed by atoms with van der Waals surface area (Å²) < 4.78 is 5.36. The Balaban J connectivity index is 1.75. The zero-order valence-corrected chi connectivity index (χ0v) is 17.9. The molecule has 1 aliphatic carbocycles. The number of nitrogens with one attached hydrogen (secondary N) is 2. The number of thiophene rings is 1. The minimum absolute atomic E-state index is 0.236. The molecule has 0 atom stereocenters. The number of likely N-dealkylation sites (N-methyl/N-ethyl adjacent to an activating group) is 1. The van der Waals surface area contributed by atoms with Gasteiger partial charge in [-0.2, -0.15) is 0 Å². The van der Waals surface area contributed by atoms with E-state index in [1.165, 1.54) is 29.7 Å². The van der Waals surface area contributed by atoms with Crippen LogP contribution in [0.1, 0.15) is 53.4 Å². The number of nitrogens with zero attached hydrogens (tertiary/aromatic N) is 2. The maximum atomic E-state index is 12.7. The topological polar surface area (TPSA) is 56.8 Å². The quantitative estimate of drug-likeness (QED) is 0.584. The van der Waals surface area contributed by atoms with Gasteiger partial charge in [0.1, 0.15) is 5.00 Å². The lowest BCUT2D eigenvalue weighted by Gasteiger charge is -2.33. The van der Waals surface area contributed by atoms with Crippen molar-refractivity contribution in [2.45, 2.75) is 45.4 Å². The Kier molecular flexibility index (Phi) is 7.46. The first-order valence-electron chi connectivity index (χ1n) is 9.91. The number of thiocarbonyl (C=S) groups is 1. The first-order valence-corrected chi connectivity index (χ1v) is 11.1.